The first kappa shape index (κ1) is 19.5. The first-order valence-electron chi connectivity index (χ1n) is 10.3. The van der Waals surface area contributed by atoms with E-state index in [1.165, 1.54) is 22.0 Å². The van der Waals surface area contributed by atoms with Gasteiger partial charge in [0.2, 0.25) is 0 Å². The van der Waals surface area contributed by atoms with Crippen LogP contribution in [-0.4, -0.2) is 32.3 Å². The Balaban J connectivity index is 1.49. The molecule has 0 radical (unpaired) electrons. The van der Waals surface area contributed by atoms with E-state index in [9.17, 15) is 4.79 Å². The van der Waals surface area contributed by atoms with E-state index in [2.05, 4.69) is 41.3 Å². The molecule has 0 aromatic heterocycles. The summed E-state index contributed by atoms with van der Waals surface area (Å²) in [6.07, 6.45) is 0.664. The first-order valence-corrected chi connectivity index (χ1v) is 10.3. The zero-order chi connectivity index (χ0) is 20.1. The molecule has 150 valence electrons. The van der Waals surface area contributed by atoms with E-state index >= 15 is 0 Å². The summed E-state index contributed by atoms with van der Waals surface area (Å²) in [5.74, 6) is -0.355. The lowest BCUT2D eigenvalue weighted by atomic mass is 9.94. The maximum absolute atomic E-state index is 12.5. The molecule has 1 unspecified atom stereocenters. The topological polar surface area (TPSA) is 38.8 Å². The van der Waals surface area contributed by atoms with Crippen LogP contribution in [0, 0.1) is 5.92 Å². The smallest absolute Gasteiger partial charge is 0.309 e. The van der Waals surface area contributed by atoms with Gasteiger partial charge >= 0.3 is 5.97 Å². The summed E-state index contributed by atoms with van der Waals surface area (Å²) in [6, 6.07) is 22.6. The van der Waals surface area contributed by atoms with Crippen molar-refractivity contribution in [3.05, 3.63) is 77.9 Å². The minimum absolute atomic E-state index is 0.157. The molecule has 0 amide bonds. The number of benzene rings is 3. The number of hydrogen-bond donors (Lipinski definition) is 0. The largest absolute Gasteiger partial charge is 0.461 e. The van der Waals surface area contributed by atoms with E-state index in [4.69, 9.17) is 9.47 Å². The van der Waals surface area contributed by atoms with Crippen molar-refractivity contribution in [2.24, 2.45) is 5.92 Å². The second kappa shape index (κ2) is 9.10. The Morgan fingerprint density at radius 1 is 0.966 bits per heavy atom. The molecule has 4 rings (SSSR count). The Morgan fingerprint density at radius 3 is 2.41 bits per heavy atom. The fourth-order valence-corrected chi connectivity index (χ4v) is 3.89. The maximum atomic E-state index is 12.5. The molecule has 0 aliphatic carbocycles. The van der Waals surface area contributed by atoms with E-state index < -0.39 is 0 Å². The highest BCUT2D eigenvalue weighted by Crippen LogP contribution is 2.31. The monoisotopic (exact) mass is 389 g/mol. The van der Waals surface area contributed by atoms with Crippen LogP contribution in [0.25, 0.3) is 10.8 Å². The highest BCUT2D eigenvalue weighted by Gasteiger charge is 2.19. The summed E-state index contributed by atoms with van der Waals surface area (Å²) in [6.45, 7) is 5.61. The minimum atomic E-state index is -0.198. The van der Waals surface area contributed by atoms with Gasteiger partial charge in [-0.3, -0.25) is 4.79 Å². The number of fused-ring (bicyclic) bond motifs is 1. The SMILES string of the molecule is CC(Cc1ccc(N2CCOCC2)c2ccccc12)C(=O)OCc1ccccc1. The molecule has 4 nitrogen and oxygen atoms in total. The van der Waals surface area contributed by atoms with Gasteiger partial charge in [0.25, 0.3) is 0 Å². The van der Waals surface area contributed by atoms with Gasteiger partial charge in [0.1, 0.15) is 6.61 Å². The summed E-state index contributed by atoms with van der Waals surface area (Å²) in [4.78, 5) is 14.9. The summed E-state index contributed by atoms with van der Waals surface area (Å²) in [5, 5.41) is 2.44. The number of anilines is 1. The van der Waals surface area contributed by atoms with Gasteiger partial charge in [-0.05, 0) is 29.0 Å². The second-order valence-electron chi connectivity index (χ2n) is 7.59. The molecule has 0 N–H and O–H groups in total. The van der Waals surface area contributed by atoms with E-state index in [0.29, 0.717) is 13.0 Å². The van der Waals surface area contributed by atoms with Crippen LogP contribution in [0.5, 0.6) is 0 Å². The van der Waals surface area contributed by atoms with Crippen LogP contribution < -0.4 is 4.90 Å². The maximum Gasteiger partial charge on any atom is 0.309 e. The summed E-state index contributed by atoms with van der Waals surface area (Å²) in [7, 11) is 0. The van der Waals surface area contributed by atoms with Crippen molar-refractivity contribution in [3.8, 4) is 0 Å². The normalized spacial score (nSPS) is 15.3. The molecule has 4 heteroatoms. The van der Waals surface area contributed by atoms with Gasteiger partial charge in [-0.2, -0.15) is 0 Å². The molecule has 3 aromatic rings. The van der Waals surface area contributed by atoms with Crippen molar-refractivity contribution in [2.45, 2.75) is 20.0 Å². The lowest BCUT2D eigenvalue weighted by Crippen LogP contribution is -2.36. The average Bonchev–Trinajstić information content (AvgIpc) is 2.79. The Bertz CT molecular complexity index is 964. The molecule has 1 aliphatic rings. The molecule has 1 saturated heterocycles. The van der Waals surface area contributed by atoms with Crippen molar-refractivity contribution < 1.29 is 14.3 Å². The number of nitrogens with zero attached hydrogens (tertiary/aromatic N) is 1. The van der Waals surface area contributed by atoms with Gasteiger partial charge < -0.3 is 14.4 Å². The number of carbonyl (C=O) groups excluding carboxylic acids is 1. The van der Waals surface area contributed by atoms with Crippen molar-refractivity contribution in [1.82, 2.24) is 0 Å². The number of morpholine rings is 1. The fraction of sp³-hybridized carbons (Fsp3) is 0.320. The lowest BCUT2D eigenvalue weighted by Gasteiger charge is -2.30. The number of carbonyl (C=O) groups is 1. The van der Waals surface area contributed by atoms with Gasteiger partial charge in [0.15, 0.2) is 0 Å². The molecule has 29 heavy (non-hydrogen) atoms. The molecule has 3 aromatic carbocycles. The lowest BCUT2D eigenvalue weighted by molar-refractivity contribution is -0.149. The Hall–Kier alpha value is -2.85. The summed E-state index contributed by atoms with van der Waals surface area (Å²) in [5.41, 5.74) is 3.43. The van der Waals surface area contributed by atoms with Gasteiger partial charge in [0, 0.05) is 24.2 Å². The zero-order valence-electron chi connectivity index (χ0n) is 16.8. The predicted molar refractivity (Wildman–Crippen MR) is 116 cm³/mol. The Kier molecular flexibility index (Phi) is 6.11. The zero-order valence-corrected chi connectivity index (χ0v) is 16.8. The highest BCUT2D eigenvalue weighted by molar-refractivity contribution is 5.96. The Morgan fingerprint density at radius 2 is 1.66 bits per heavy atom. The second-order valence-corrected chi connectivity index (χ2v) is 7.59. The average molecular weight is 389 g/mol. The first-order chi connectivity index (χ1) is 14.2. The van der Waals surface area contributed by atoms with E-state index in [0.717, 1.165) is 31.9 Å². The molecule has 0 spiro atoms. The quantitative estimate of drug-likeness (QED) is 0.578. The van der Waals surface area contributed by atoms with Crippen LogP contribution in [0.3, 0.4) is 0 Å². The van der Waals surface area contributed by atoms with Crippen molar-refractivity contribution in [1.29, 1.82) is 0 Å². The van der Waals surface area contributed by atoms with Gasteiger partial charge in [-0.1, -0.05) is 67.6 Å². The summed E-state index contributed by atoms with van der Waals surface area (Å²) < 4.78 is 11.0. The fourth-order valence-electron chi connectivity index (χ4n) is 3.89. The van der Waals surface area contributed by atoms with Crippen LogP contribution in [0.2, 0.25) is 0 Å². The number of rotatable bonds is 6. The van der Waals surface area contributed by atoms with E-state index in [1.807, 2.05) is 37.3 Å². The van der Waals surface area contributed by atoms with Crippen molar-refractivity contribution in [2.75, 3.05) is 31.2 Å². The molecule has 1 atom stereocenters. The van der Waals surface area contributed by atoms with Crippen LogP contribution in [0.15, 0.2) is 66.7 Å². The van der Waals surface area contributed by atoms with Gasteiger partial charge in [-0.15, -0.1) is 0 Å². The van der Waals surface area contributed by atoms with Crippen molar-refractivity contribution >= 4 is 22.4 Å². The number of hydrogen-bond acceptors (Lipinski definition) is 4. The standard InChI is InChI=1S/C25H27NO3/c1-19(25(27)29-18-20-7-3-2-4-8-20)17-21-11-12-24(26-13-15-28-16-14-26)23-10-6-5-9-22(21)23/h2-12,19H,13-18H2,1H3. The molecule has 1 aliphatic heterocycles. The third-order valence-corrected chi connectivity index (χ3v) is 5.50. The number of esters is 1. The molecule has 0 bridgehead atoms. The minimum Gasteiger partial charge on any atom is -0.461 e. The molecule has 1 heterocycles. The highest BCUT2D eigenvalue weighted by atomic mass is 16.5. The van der Waals surface area contributed by atoms with Crippen LogP contribution in [-0.2, 0) is 27.3 Å². The predicted octanol–water partition coefficient (Wildman–Crippen LogP) is 4.60. The third kappa shape index (κ3) is 4.60. The molecular formula is C25H27NO3. The molecule has 1 fully saturated rings. The van der Waals surface area contributed by atoms with E-state index in [-0.39, 0.29) is 11.9 Å². The third-order valence-electron chi connectivity index (χ3n) is 5.50. The van der Waals surface area contributed by atoms with E-state index in [1.54, 1.807) is 0 Å². The van der Waals surface area contributed by atoms with Crippen LogP contribution >= 0.6 is 0 Å². The van der Waals surface area contributed by atoms with Crippen LogP contribution in [0.4, 0.5) is 5.69 Å². The molecule has 0 saturated carbocycles. The Labute approximate surface area is 172 Å². The molecular weight excluding hydrogens is 362 g/mol. The van der Waals surface area contributed by atoms with Gasteiger partial charge in [0.05, 0.1) is 19.1 Å². The number of ether oxygens (including phenoxy) is 2. The van der Waals surface area contributed by atoms with Gasteiger partial charge in [-0.25, -0.2) is 0 Å². The van der Waals surface area contributed by atoms with Crippen molar-refractivity contribution in [3.63, 3.8) is 0 Å². The van der Waals surface area contributed by atoms with Crippen LogP contribution in [0.1, 0.15) is 18.1 Å². The summed E-state index contributed by atoms with van der Waals surface area (Å²) >= 11 is 0.